The number of hydrazone groups is 1. The SMILES string of the molecule is CCN(CC)c1ccc(C=NN2CCN(C)CC2)c(O)c1. The standard InChI is InChI=1S/C16H26N4O/c1-4-19(5-2)15-7-6-14(16(21)12-15)13-17-20-10-8-18(3)9-11-20/h6-7,12-13,21H,4-5,8-11H2,1-3H3. The quantitative estimate of drug-likeness (QED) is 0.840. The maximum Gasteiger partial charge on any atom is 0.126 e. The van der Waals surface area contributed by atoms with Gasteiger partial charge in [0.1, 0.15) is 5.75 Å². The number of hydrogen-bond acceptors (Lipinski definition) is 5. The van der Waals surface area contributed by atoms with Gasteiger partial charge in [-0.25, -0.2) is 0 Å². The summed E-state index contributed by atoms with van der Waals surface area (Å²) in [7, 11) is 2.12. The predicted molar refractivity (Wildman–Crippen MR) is 88.3 cm³/mol. The van der Waals surface area contributed by atoms with Crippen molar-refractivity contribution in [3.63, 3.8) is 0 Å². The van der Waals surface area contributed by atoms with Crippen molar-refractivity contribution in [3.05, 3.63) is 23.8 Å². The van der Waals surface area contributed by atoms with Gasteiger partial charge in [-0.1, -0.05) is 0 Å². The minimum absolute atomic E-state index is 0.289. The lowest BCUT2D eigenvalue weighted by Gasteiger charge is -2.30. The van der Waals surface area contributed by atoms with Crippen molar-refractivity contribution in [3.8, 4) is 5.75 Å². The number of benzene rings is 1. The van der Waals surface area contributed by atoms with Crippen LogP contribution in [0.5, 0.6) is 5.75 Å². The Hall–Kier alpha value is -1.75. The lowest BCUT2D eigenvalue weighted by atomic mass is 10.2. The van der Waals surface area contributed by atoms with Gasteiger partial charge in [0.15, 0.2) is 0 Å². The molecule has 1 N–H and O–H groups in total. The highest BCUT2D eigenvalue weighted by molar-refractivity contribution is 5.84. The largest absolute Gasteiger partial charge is 0.507 e. The average molecular weight is 290 g/mol. The Morgan fingerprint density at radius 1 is 1.19 bits per heavy atom. The summed E-state index contributed by atoms with van der Waals surface area (Å²) >= 11 is 0. The molecular formula is C16H26N4O. The predicted octanol–water partition coefficient (Wildman–Crippen LogP) is 1.82. The van der Waals surface area contributed by atoms with Gasteiger partial charge >= 0.3 is 0 Å². The number of phenols is 1. The molecule has 116 valence electrons. The summed E-state index contributed by atoms with van der Waals surface area (Å²) in [5, 5.41) is 16.7. The van der Waals surface area contributed by atoms with E-state index in [0.717, 1.165) is 50.5 Å². The molecule has 1 fully saturated rings. The van der Waals surface area contributed by atoms with E-state index < -0.39 is 0 Å². The number of nitrogens with zero attached hydrogens (tertiary/aromatic N) is 4. The monoisotopic (exact) mass is 290 g/mol. The molecule has 0 atom stereocenters. The van der Waals surface area contributed by atoms with Gasteiger partial charge in [-0.3, -0.25) is 5.01 Å². The molecule has 2 rings (SSSR count). The second kappa shape index (κ2) is 7.31. The zero-order valence-electron chi connectivity index (χ0n) is 13.3. The fraction of sp³-hybridized carbons (Fsp3) is 0.562. The van der Waals surface area contributed by atoms with Gasteiger partial charge < -0.3 is 14.9 Å². The van der Waals surface area contributed by atoms with Gasteiger partial charge in [-0.05, 0) is 33.0 Å². The smallest absolute Gasteiger partial charge is 0.126 e. The van der Waals surface area contributed by atoms with Crippen LogP contribution in [0.1, 0.15) is 19.4 Å². The number of rotatable bonds is 5. The van der Waals surface area contributed by atoms with Crippen molar-refractivity contribution < 1.29 is 5.11 Å². The molecule has 1 saturated heterocycles. The van der Waals surface area contributed by atoms with Crippen LogP contribution < -0.4 is 4.90 Å². The van der Waals surface area contributed by atoms with Crippen molar-refractivity contribution in [1.29, 1.82) is 0 Å². The molecule has 21 heavy (non-hydrogen) atoms. The third kappa shape index (κ3) is 4.11. The van der Waals surface area contributed by atoms with Crippen molar-refractivity contribution in [2.45, 2.75) is 13.8 Å². The molecular weight excluding hydrogens is 264 g/mol. The Balaban J connectivity index is 2.03. The summed E-state index contributed by atoms with van der Waals surface area (Å²) in [6, 6.07) is 5.79. The average Bonchev–Trinajstić information content (AvgIpc) is 2.49. The van der Waals surface area contributed by atoms with E-state index in [0.29, 0.717) is 0 Å². The van der Waals surface area contributed by atoms with Crippen LogP contribution in [-0.4, -0.2) is 67.5 Å². The molecule has 0 radical (unpaired) electrons. The van der Waals surface area contributed by atoms with Gasteiger partial charge in [0.05, 0.1) is 6.21 Å². The van der Waals surface area contributed by atoms with Crippen molar-refractivity contribution in [2.24, 2.45) is 5.10 Å². The zero-order chi connectivity index (χ0) is 15.2. The fourth-order valence-electron chi connectivity index (χ4n) is 2.48. The van der Waals surface area contributed by atoms with Gasteiger partial charge in [0.2, 0.25) is 0 Å². The topological polar surface area (TPSA) is 42.3 Å². The molecule has 5 nitrogen and oxygen atoms in total. The number of piperazine rings is 1. The molecule has 1 aliphatic rings. The molecule has 1 aromatic rings. The first-order valence-corrected chi connectivity index (χ1v) is 7.69. The highest BCUT2D eigenvalue weighted by atomic mass is 16.3. The van der Waals surface area contributed by atoms with Crippen LogP contribution in [0.2, 0.25) is 0 Å². The number of hydrogen-bond donors (Lipinski definition) is 1. The molecule has 0 aromatic heterocycles. The van der Waals surface area contributed by atoms with Crippen molar-refractivity contribution in [1.82, 2.24) is 9.91 Å². The van der Waals surface area contributed by atoms with Gasteiger partial charge in [0, 0.05) is 56.6 Å². The van der Waals surface area contributed by atoms with Crippen LogP contribution >= 0.6 is 0 Å². The Morgan fingerprint density at radius 2 is 1.86 bits per heavy atom. The van der Waals surface area contributed by atoms with E-state index >= 15 is 0 Å². The molecule has 5 heteroatoms. The van der Waals surface area contributed by atoms with Crippen molar-refractivity contribution in [2.75, 3.05) is 51.2 Å². The lowest BCUT2D eigenvalue weighted by Crippen LogP contribution is -2.41. The van der Waals surface area contributed by atoms with E-state index in [1.54, 1.807) is 6.21 Å². The summed E-state index contributed by atoms with van der Waals surface area (Å²) in [6.45, 7) is 10.0. The number of anilines is 1. The maximum absolute atomic E-state index is 10.2. The van der Waals surface area contributed by atoms with Gasteiger partial charge in [0.25, 0.3) is 0 Å². The first-order valence-electron chi connectivity index (χ1n) is 7.69. The Kier molecular flexibility index (Phi) is 5.44. The first kappa shape index (κ1) is 15.6. The van der Waals surface area contributed by atoms with E-state index in [1.807, 2.05) is 18.2 Å². The minimum atomic E-state index is 0.289. The summed E-state index contributed by atoms with van der Waals surface area (Å²) in [5.41, 5.74) is 1.82. The van der Waals surface area contributed by atoms with Crippen LogP contribution in [-0.2, 0) is 0 Å². The van der Waals surface area contributed by atoms with E-state index in [4.69, 9.17) is 0 Å². The minimum Gasteiger partial charge on any atom is -0.507 e. The number of aromatic hydroxyl groups is 1. The highest BCUT2D eigenvalue weighted by Crippen LogP contribution is 2.23. The third-order valence-corrected chi connectivity index (χ3v) is 3.98. The molecule has 0 amide bonds. The lowest BCUT2D eigenvalue weighted by molar-refractivity contribution is 0.159. The van der Waals surface area contributed by atoms with Crippen molar-refractivity contribution >= 4 is 11.9 Å². The van der Waals surface area contributed by atoms with Crippen LogP contribution in [0.15, 0.2) is 23.3 Å². The van der Waals surface area contributed by atoms with Crippen LogP contribution in [0, 0.1) is 0 Å². The summed E-state index contributed by atoms with van der Waals surface area (Å²) in [4.78, 5) is 4.50. The number of phenolic OH excluding ortho intramolecular Hbond substituents is 1. The van der Waals surface area contributed by atoms with E-state index in [9.17, 15) is 5.11 Å². The van der Waals surface area contributed by atoms with E-state index in [-0.39, 0.29) is 5.75 Å². The Labute approximate surface area is 127 Å². The Bertz CT molecular complexity index is 477. The van der Waals surface area contributed by atoms with Gasteiger partial charge in [-0.2, -0.15) is 5.10 Å². The Morgan fingerprint density at radius 3 is 2.43 bits per heavy atom. The van der Waals surface area contributed by atoms with E-state index in [1.165, 1.54) is 0 Å². The zero-order valence-corrected chi connectivity index (χ0v) is 13.3. The molecule has 0 bridgehead atoms. The van der Waals surface area contributed by atoms with Gasteiger partial charge in [-0.15, -0.1) is 0 Å². The second-order valence-corrected chi connectivity index (χ2v) is 5.42. The summed E-state index contributed by atoms with van der Waals surface area (Å²) in [6.07, 6.45) is 1.76. The molecule has 0 saturated carbocycles. The maximum atomic E-state index is 10.2. The molecule has 1 heterocycles. The number of likely N-dealkylation sites (N-methyl/N-ethyl adjacent to an activating group) is 1. The fourth-order valence-corrected chi connectivity index (χ4v) is 2.48. The highest BCUT2D eigenvalue weighted by Gasteiger charge is 2.11. The molecule has 0 aliphatic carbocycles. The van der Waals surface area contributed by atoms with Crippen LogP contribution in [0.3, 0.4) is 0 Å². The molecule has 1 aromatic carbocycles. The summed E-state index contributed by atoms with van der Waals surface area (Å²) in [5.74, 6) is 0.289. The van der Waals surface area contributed by atoms with Crippen LogP contribution in [0.4, 0.5) is 5.69 Å². The van der Waals surface area contributed by atoms with E-state index in [2.05, 4.69) is 40.8 Å². The molecule has 0 unspecified atom stereocenters. The first-order chi connectivity index (χ1) is 10.1. The molecule has 0 spiro atoms. The molecule has 1 aliphatic heterocycles. The normalized spacial score (nSPS) is 16.6. The second-order valence-electron chi connectivity index (χ2n) is 5.42. The third-order valence-electron chi connectivity index (χ3n) is 3.98. The summed E-state index contributed by atoms with van der Waals surface area (Å²) < 4.78 is 0. The van der Waals surface area contributed by atoms with Crippen LogP contribution in [0.25, 0.3) is 0 Å².